The zero-order valence-corrected chi connectivity index (χ0v) is 16.3. The Labute approximate surface area is 173 Å². The Morgan fingerprint density at radius 2 is 1.87 bits per heavy atom. The van der Waals surface area contributed by atoms with E-state index in [1.807, 2.05) is 70.2 Å². The largest absolute Gasteiger partial charge is 0.326 e. The van der Waals surface area contributed by atoms with Gasteiger partial charge in [0.25, 0.3) is 0 Å². The average molecular weight is 399 g/mol. The van der Waals surface area contributed by atoms with Crippen molar-refractivity contribution >= 4 is 11.6 Å². The van der Waals surface area contributed by atoms with Crippen molar-refractivity contribution in [2.75, 3.05) is 5.32 Å². The second kappa shape index (κ2) is 7.90. The summed E-state index contributed by atoms with van der Waals surface area (Å²) in [7, 11) is 0. The van der Waals surface area contributed by atoms with Crippen LogP contribution in [0.15, 0.2) is 67.0 Å². The van der Waals surface area contributed by atoms with Gasteiger partial charge in [-0.25, -0.2) is 9.36 Å². The van der Waals surface area contributed by atoms with Crippen LogP contribution in [0.1, 0.15) is 30.9 Å². The Morgan fingerprint density at radius 3 is 2.63 bits per heavy atom. The third-order valence-corrected chi connectivity index (χ3v) is 5.11. The number of aromatic nitrogens is 6. The van der Waals surface area contributed by atoms with Crippen LogP contribution < -0.4 is 5.32 Å². The molecule has 1 fully saturated rings. The fraction of sp³-hybridized carbons (Fsp3) is 0.227. The van der Waals surface area contributed by atoms with Gasteiger partial charge in [-0.15, -0.1) is 5.10 Å². The summed E-state index contributed by atoms with van der Waals surface area (Å²) in [4.78, 5) is 12.4. The summed E-state index contributed by atoms with van der Waals surface area (Å²) in [5.74, 6) is 0.740. The Kier molecular flexibility index (Phi) is 4.80. The summed E-state index contributed by atoms with van der Waals surface area (Å²) in [5.41, 5.74) is 3.73. The number of amides is 1. The monoisotopic (exact) mass is 399 g/mol. The number of anilines is 1. The van der Waals surface area contributed by atoms with E-state index in [9.17, 15) is 4.79 Å². The van der Waals surface area contributed by atoms with Gasteiger partial charge < -0.3 is 5.32 Å². The third kappa shape index (κ3) is 3.98. The van der Waals surface area contributed by atoms with Crippen LogP contribution >= 0.6 is 0 Å². The predicted molar refractivity (Wildman–Crippen MR) is 112 cm³/mol. The number of hydrogen-bond acceptors (Lipinski definition) is 5. The van der Waals surface area contributed by atoms with Crippen LogP contribution in [0.25, 0.3) is 17.1 Å². The highest BCUT2D eigenvalue weighted by molar-refractivity contribution is 5.91. The number of carbonyl (C=O) groups excluding carboxylic acids is 1. The van der Waals surface area contributed by atoms with E-state index < -0.39 is 0 Å². The number of benzene rings is 2. The van der Waals surface area contributed by atoms with Gasteiger partial charge in [-0.2, -0.15) is 5.10 Å². The van der Waals surface area contributed by atoms with E-state index in [0.717, 1.165) is 41.2 Å². The first-order chi connectivity index (χ1) is 14.8. The van der Waals surface area contributed by atoms with Gasteiger partial charge in [0.05, 0.1) is 17.9 Å². The molecule has 2 aromatic heterocycles. The van der Waals surface area contributed by atoms with Crippen molar-refractivity contribution in [1.29, 1.82) is 0 Å². The SMILES string of the molecule is O=C(CCc1cnn(-c2ccccc2)c1)Nc1ccc(-c2nnnn2C2CC2)cc1. The molecule has 8 nitrogen and oxygen atoms in total. The first-order valence-corrected chi connectivity index (χ1v) is 10.0. The fourth-order valence-electron chi connectivity index (χ4n) is 3.34. The quantitative estimate of drug-likeness (QED) is 0.514. The molecule has 1 N–H and O–H groups in total. The van der Waals surface area contributed by atoms with Crippen molar-refractivity contribution < 1.29 is 4.79 Å². The smallest absolute Gasteiger partial charge is 0.224 e. The summed E-state index contributed by atoms with van der Waals surface area (Å²) >= 11 is 0. The standard InChI is InChI=1S/C22H21N7O/c30-21(13-6-16-14-23-28(15-16)19-4-2-1-3-5-19)24-18-9-7-17(8-10-18)22-25-26-27-29(22)20-11-12-20/h1-5,7-10,14-15,20H,6,11-13H2,(H,24,30). The van der Waals surface area contributed by atoms with Crippen molar-refractivity contribution in [1.82, 2.24) is 30.0 Å². The van der Waals surface area contributed by atoms with E-state index in [1.165, 1.54) is 0 Å². The van der Waals surface area contributed by atoms with Crippen molar-refractivity contribution in [2.24, 2.45) is 0 Å². The van der Waals surface area contributed by atoms with Gasteiger partial charge in [0.15, 0.2) is 5.82 Å². The second-order valence-corrected chi connectivity index (χ2v) is 7.43. The van der Waals surface area contributed by atoms with E-state index in [4.69, 9.17) is 0 Å². The highest BCUT2D eigenvalue weighted by atomic mass is 16.1. The van der Waals surface area contributed by atoms with E-state index >= 15 is 0 Å². The highest BCUT2D eigenvalue weighted by Gasteiger charge is 2.28. The van der Waals surface area contributed by atoms with Crippen LogP contribution in [0, 0.1) is 0 Å². The van der Waals surface area contributed by atoms with Crippen molar-refractivity contribution in [3.8, 4) is 17.1 Å². The number of tetrazole rings is 1. The number of carbonyl (C=O) groups is 1. The molecule has 0 unspecified atom stereocenters. The van der Waals surface area contributed by atoms with Crippen molar-refractivity contribution in [3.05, 3.63) is 72.6 Å². The van der Waals surface area contributed by atoms with Crippen LogP contribution in [-0.2, 0) is 11.2 Å². The number of para-hydroxylation sites is 1. The van der Waals surface area contributed by atoms with Gasteiger partial charge >= 0.3 is 0 Å². The molecule has 1 aliphatic carbocycles. The van der Waals surface area contributed by atoms with Crippen LogP contribution in [0.2, 0.25) is 0 Å². The van der Waals surface area contributed by atoms with E-state index in [0.29, 0.717) is 18.9 Å². The zero-order chi connectivity index (χ0) is 20.3. The summed E-state index contributed by atoms with van der Waals surface area (Å²) < 4.78 is 3.70. The van der Waals surface area contributed by atoms with Gasteiger partial charge in [-0.05, 0) is 71.7 Å². The molecule has 8 heteroatoms. The number of rotatable bonds is 7. The molecule has 5 rings (SSSR count). The first kappa shape index (κ1) is 18.2. The molecular weight excluding hydrogens is 378 g/mol. The Bertz CT molecular complexity index is 1140. The fourth-order valence-corrected chi connectivity index (χ4v) is 3.34. The lowest BCUT2D eigenvalue weighted by Gasteiger charge is -2.07. The van der Waals surface area contributed by atoms with Gasteiger partial charge in [0.1, 0.15) is 0 Å². The number of nitrogens with zero attached hydrogens (tertiary/aromatic N) is 6. The molecule has 4 aromatic rings. The van der Waals surface area contributed by atoms with Crippen LogP contribution in [0.3, 0.4) is 0 Å². The normalized spacial score (nSPS) is 13.3. The van der Waals surface area contributed by atoms with Gasteiger partial charge in [-0.3, -0.25) is 4.79 Å². The molecule has 2 heterocycles. The van der Waals surface area contributed by atoms with Crippen LogP contribution in [-0.4, -0.2) is 35.9 Å². The second-order valence-electron chi connectivity index (χ2n) is 7.43. The lowest BCUT2D eigenvalue weighted by molar-refractivity contribution is -0.116. The molecule has 0 radical (unpaired) electrons. The zero-order valence-electron chi connectivity index (χ0n) is 16.3. The summed E-state index contributed by atoms with van der Waals surface area (Å²) in [6.07, 6.45) is 7.03. The molecule has 1 saturated carbocycles. The molecule has 0 aliphatic heterocycles. The highest BCUT2D eigenvalue weighted by Crippen LogP contribution is 2.36. The molecule has 2 aromatic carbocycles. The van der Waals surface area contributed by atoms with Gasteiger partial charge in [0, 0.05) is 23.9 Å². The molecule has 30 heavy (non-hydrogen) atoms. The van der Waals surface area contributed by atoms with Crippen LogP contribution in [0.5, 0.6) is 0 Å². The minimum Gasteiger partial charge on any atom is -0.326 e. The van der Waals surface area contributed by atoms with Crippen LogP contribution in [0.4, 0.5) is 5.69 Å². The maximum atomic E-state index is 12.4. The number of aryl methyl sites for hydroxylation is 1. The summed E-state index contributed by atoms with van der Waals surface area (Å²) in [6.45, 7) is 0. The minimum atomic E-state index is -0.0296. The summed E-state index contributed by atoms with van der Waals surface area (Å²) in [5, 5.41) is 19.3. The van der Waals surface area contributed by atoms with E-state index in [2.05, 4.69) is 25.9 Å². The van der Waals surface area contributed by atoms with Crippen molar-refractivity contribution in [2.45, 2.75) is 31.7 Å². The molecule has 1 aliphatic rings. The predicted octanol–water partition coefficient (Wildman–Crippen LogP) is 3.43. The Morgan fingerprint density at radius 1 is 1.07 bits per heavy atom. The maximum Gasteiger partial charge on any atom is 0.224 e. The first-order valence-electron chi connectivity index (χ1n) is 10.0. The Hall–Kier alpha value is -3.81. The minimum absolute atomic E-state index is 0.0296. The molecule has 0 bridgehead atoms. The van der Waals surface area contributed by atoms with E-state index in [-0.39, 0.29) is 5.91 Å². The Balaban J connectivity index is 1.17. The van der Waals surface area contributed by atoms with Gasteiger partial charge in [-0.1, -0.05) is 18.2 Å². The van der Waals surface area contributed by atoms with Gasteiger partial charge in [0.2, 0.25) is 5.91 Å². The summed E-state index contributed by atoms with van der Waals surface area (Å²) in [6, 6.07) is 18.0. The average Bonchev–Trinajstić information content (AvgIpc) is 3.31. The molecule has 150 valence electrons. The number of hydrogen-bond donors (Lipinski definition) is 1. The molecule has 0 atom stereocenters. The molecule has 1 amide bonds. The van der Waals surface area contributed by atoms with E-state index in [1.54, 1.807) is 6.20 Å². The number of nitrogens with one attached hydrogen (secondary N) is 1. The van der Waals surface area contributed by atoms with Crippen molar-refractivity contribution in [3.63, 3.8) is 0 Å². The molecular formula is C22H21N7O. The lowest BCUT2D eigenvalue weighted by Crippen LogP contribution is -2.12. The molecule has 0 spiro atoms. The molecule has 0 saturated heterocycles. The maximum absolute atomic E-state index is 12.4. The lowest BCUT2D eigenvalue weighted by atomic mass is 10.1. The third-order valence-electron chi connectivity index (χ3n) is 5.11. The topological polar surface area (TPSA) is 90.5 Å².